The number of carbonyl (C=O) groups is 1. The normalized spacial score (nSPS) is 19.5. The molecular weight excluding hydrogens is 346 g/mol. The summed E-state index contributed by atoms with van der Waals surface area (Å²) in [7, 11) is 0. The summed E-state index contributed by atoms with van der Waals surface area (Å²) in [6, 6.07) is 26.3. The van der Waals surface area contributed by atoms with Crippen molar-refractivity contribution < 1.29 is 9.63 Å². The van der Waals surface area contributed by atoms with Crippen molar-refractivity contribution in [3.05, 3.63) is 101 Å². The minimum atomic E-state index is -0.375. The number of ketones is 1. The summed E-state index contributed by atoms with van der Waals surface area (Å²) in [5.41, 5.74) is 2.58. The lowest BCUT2D eigenvalue weighted by atomic mass is 9.97. The number of Topliss-reactive ketones (excluding diaryl/α,β-unsaturated/α-hetero) is 1. The highest BCUT2D eigenvalue weighted by Gasteiger charge is 2.39. The molecule has 3 nitrogen and oxygen atoms in total. The monoisotopic (exact) mass is 363 g/mol. The van der Waals surface area contributed by atoms with E-state index in [-0.39, 0.29) is 17.9 Å². The molecule has 0 N–H and O–H groups in total. The number of halogens is 1. The molecular formula is C22H18ClNO2. The van der Waals surface area contributed by atoms with E-state index < -0.39 is 0 Å². The van der Waals surface area contributed by atoms with Gasteiger partial charge in [0.2, 0.25) is 0 Å². The maximum Gasteiger partial charge on any atom is 0.187 e. The Morgan fingerprint density at radius 1 is 0.885 bits per heavy atom. The minimum absolute atomic E-state index is 0.0610. The lowest BCUT2D eigenvalue weighted by molar-refractivity contribution is 0.0773. The Morgan fingerprint density at radius 3 is 2.15 bits per heavy atom. The lowest BCUT2D eigenvalue weighted by Gasteiger charge is -2.24. The summed E-state index contributed by atoms with van der Waals surface area (Å²) < 4.78 is 0. The highest BCUT2D eigenvalue weighted by molar-refractivity contribution is 6.30. The quantitative estimate of drug-likeness (QED) is 0.575. The molecule has 0 bridgehead atoms. The fraction of sp³-hybridized carbons (Fsp3) is 0.136. The summed E-state index contributed by atoms with van der Waals surface area (Å²) >= 11 is 6.00. The number of hydrogen-bond donors (Lipinski definition) is 0. The zero-order chi connectivity index (χ0) is 17.9. The largest absolute Gasteiger partial charge is 0.292 e. The Kier molecular flexibility index (Phi) is 4.74. The fourth-order valence-electron chi connectivity index (χ4n) is 3.25. The van der Waals surface area contributed by atoms with Crippen molar-refractivity contribution in [1.82, 2.24) is 0 Å². The molecule has 0 aromatic heterocycles. The number of carbonyl (C=O) groups excluding carboxylic acids is 1. The maximum absolute atomic E-state index is 13.1. The van der Waals surface area contributed by atoms with Crippen LogP contribution in [0.15, 0.2) is 84.9 Å². The molecule has 26 heavy (non-hydrogen) atoms. The number of hydrogen-bond acceptors (Lipinski definition) is 3. The van der Waals surface area contributed by atoms with Crippen LogP contribution in [0.4, 0.5) is 5.69 Å². The third-order valence-electron chi connectivity index (χ3n) is 4.57. The van der Waals surface area contributed by atoms with Crippen LogP contribution in [0.25, 0.3) is 0 Å². The average molecular weight is 364 g/mol. The van der Waals surface area contributed by atoms with Gasteiger partial charge in [0, 0.05) is 17.0 Å². The Balaban J connectivity index is 1.67. The van der Waals surface area contributed by atoms with E-state index in [1.165, 1.54) is 0 Å². The van der Waals surface area contributed by atoms with Gasteiger partial charge in [0.05, 0.1) is 5.69 Å². The molecule has 0 amide bonds. The van der Waals surface area contributed by atoms with Gasteiger partial charge in [-0.3, -0.25) is 9.63 Å². The first kappa shape index (κ1) is 16.8. The number of nitrogens with zero attached hydrogens (tertiary/aromatic N) is 1. The Labute approximate surface area is 157 Å². The van der Waals surface area contributed by atoms with E-state index in [4.69, 9.17) is 16.4 Å². The molecule has 2 atom stereocenters. The van der Waals surface area contributed by atoms with E-state index in [1.807, 2.05) is 84.9 Å². The molecule has 0 spiro atoms. The van der Waals surface area contributed by atoms with Crippen molar-refractivity contribution in [3.8, 4) is 0 Å². The van der Waals surface area contributed by atoms with Crippen LogP contribution in [0.1, 0.15) is 28.4 Å². The highest BCUT2D eigenvalue weighted by Crippen LogP contribution is 2.38. The van der Waals surface area contributed by atoms with E-state index in [2.05, 4.69) is 0 Å². The SMILES string of the molecule is O=C(c1ccccc1)C1CC(c2ccc(Cl)cc2)ON1c1ccccc1. The fourth-order valence-corrected chi connectivity index (χ4v) is 3.38. The van der Waals surface area contributed by atoms with Crippen molar-refractivity contribution in [2.24, 2.45) is 0 Å². The molecule has 1 aliphatic rings. The zero-order valence-electron chi connectivity index (χ0n) is 14.1. The molecule has 0 radical (unpaired) electrons. The third kappa shape index (κ3) is 3.36. The Morgan fingerprint density at radius 2 is 1.50 bits per heavy atom. The van der Waals surface area contributed by atoms with Gasteiger partial charge in [-0.2, -0.15) is 0 Å². The van der Waals surface area contributed by atoms with Gasteiger partial charge in [-0.25, -0.2) is 5.06 Å². The number of hydroxylamine groups is 1. The van der Waals surface area contributed by atoms with E-state index in [0.29, 0.717) is 17.0 Å². The van der Waals surface area contributed by atoms with Crippen LogP contribution in [-0.2, 0) is 4.84 Å². The third-order valence-corrected chi connectivity index (χ3v) is 4.83. The second-order valence-corrected chi connectivity index (χ2v) is 6.73. The van der Waals surface area contributed by atoms with Gasteiger partial charge in [0.15, 0.2) is 5.78 Å². The Hall–Kier alpha value is -2.62. The van der Waals surface area contributed by atoms with Gasteiger partial charge in [-0.15, -0.1) is 0 Å². The summed E-state index contributed by atoms with van der Waals surface area (Å²) in [4.78, 5) is 19.3. The summed E-state index contributed by atoms with van der Waals surface area (Å²) in [5, 5.41) is 2.43. The van der Waals surface area contributed by atoms with Crippen LogP contribution in [-0.4, -0.2) is 11.8 Å². The van der Waals surface area contributed by atoms with Gasteiger partial charge in [0.25, 0.3) is 0 Å². The molecule has 1 heterocycles. The summed E-state index contributed by atoms with van der Waals surface area (Å²) in [6.07, 6.45) is 0.398. The first-order valence-electron chi connectivity index (χ1n) is 8.58. The van der Waals surface area contributed by atoms with Gasteiger partial charge in [0.1, 0.15) is 12.1 Å². The van der Waals surface area contributed by atoms with Gasteiger partial charge >= 0.3 is 0 Å². The molecule has 2 unspecified atom stereocenters. The number of para-hydroxylation sites is 1. The van der Waals surface area contributed by atoms with Crippen molar-refractivity contribution in [1.29, 1.82) is 0 Å². The van der Waals surface area contributed by atoms with E-state index in [0.717, 1.165) is 11.3 Å². The zero-order valence-corrected chi connectivity index (χ0v) is 14.8. The minimum Gasteiger partial charge on any atom is -0.292 e. The molecule has 1 saturated heterocycles. The molecule has 4 heteroatoms. The molecule has 1 fully saturated rings. The summed E-state index contributed by atoms with van der Waals surface area (Å²) in [5.74, 6) is 0.0610. The van der Waals surface area contributed by atoms with Gasteiger partial charge in [-0.1, -0.05) is 72.3 Å². The predicted molar refractivity (Wildman–Crippen MR) is 103 cm³/mol. The lowest BCUT2D eigenvalue weighted by Crippen LogP contribution is -2.35. The van der Waals surface area contributed by atoms with Crippen LogP contribution < -0.4 is 5.06 Å². The summed E-state index contributed by atoms with van der Waals surface area (Å²) in [6.45, 7) is 0. The smallest absolute Gasteiger partial charge is 0.187 e. The molecule has 0 saturated carbocycles. The van der Waals surface area contributed by atoms with E-state index >= 15 is 0 Å². The van der Waals surface area contributed by atoms with Crippen molar-refractivity contribution in [2.75, 3.05) is 5.06 Å². The molecule has 3 aromatic rings. The van der Waals surface area contributed by atoms with Crippen LogP contribution >= 0.6 is 11.6 Å². The number of anilines is 1. The van der Waals surface area contributed by atoms with Crippen LogP contribution in [0.2, 0.25) is 5.02 Å². The molecule has 1 aliphatic heterocycles. The molecule has 4 rings (SSSR count). The molecule has 130 valence electrons. The second kappa shape index (κ2) is 7.32. The van der Waals surface area contributed by atoms with E-state index in [1.54, 1.807) is 5.06 Å². The highest BCUT2D eigenvalue weighted by atomic mass is 35.5. The first-order chi connectivity index (χ1) is 12.7. The van der Waals surface area contributed by atoms with Crippen LogP contribution in [0, 0.1) is 0 Å². The number of benzene rings is 3. The van der Waals surface area contributed by atoms with Crippen LogP contribution in [0.5, 0.6) is 0 Å². The first-order valence-corrected chi connectivity index (χ1v) is 8.96. The van der Waals surface area contributed by atoms with Gasteiger partial charge in [-0.05, 0) is 29.8 Å². The van der Waals surface area contributed by atoms with Gasteiger partial charge < -0.3 is 0 Å². The molecule has 0 aliphatic carbocycles. The van der Waals surface area contributed by atoms with E-state index in [9.17, 15) is 4.79 Å². The Bertz CT molecular complexity index is 881. The predicted octanol–water partition coefficient (Wildman–Crippen LogP) is 5.47. The van der Waals surface area contributed by atoms with Crippen molar-refractivity contribution in [3.63, 3.8) is 0 Å². The van der Waals surface area contributed by atoms with Crippen LogP contribution in [0.3, 0.4) is 0 Å². The average Bonchev–Trinajstić information content (AvgIpc) is 3.15. The standard InChI is InChI=1S/C22H18ClNO2/c23-18-13-11-16(12-14-18)21-15-20(22(25)17-7-3-1-4-8-17)24(26-21)19-9-5-2-6-10-19/h1-14,20-21H,15H2. The second-order valence-electron chi connectivity index (χ2n) is 6.29. The number of rotatable bonds is 4. The van der Waals surface area contributed by atoms with Crippen molar-refractivity contribution in [2.45, 2.75) is 18.6 Å². The van der Waals surface area contributed by atoms with Crippen molar-refractivity contribution >= 4 is 23.1 Å². The molecule has 3 aromatic carbocycles. The topological polar surface area (TPSA) is 29.5 Å². The maximum atomic E-state index is 13.1.